The topological polar surface area (TPSA) is 54.0 Å². The van der Waals surface area contributed by atoms with Gasteiger partial charge in [-0.1, -0.05) is 29.3 Å². The molecule has 0 bridgehead atoms. The number of rotatable bonds is 6. The molecule has 2 aromatic rings. The van der Waals surface area contributed by atoms with Crippen LogP contribution in [0, 0.1) is 0 Å². The fourth-order valence-electron chi connectivity index (χ4n) is 1.96. The Hall–Kier alpha value is -1.99. The van der Waals surface area contributed by atoms with Crippen LogP contribution in [-0.2, 0) is 17.4 Å². The smallest absolute Gasteiger partial charge is 0.368 e. The molecule has 0 unspecified atom stereocenters. The lowest BCUT2D eigenvalue weighted by molar-refractivity contribution is -0.137. The first-order valence-electron chi connectivity index (χ1n) is 7.23. The molecule has 0 fully saturated rings. The molecule has 0 aliphatic rings. The average Bonchev–Trinajstić information content (AvgIpc) is 2.55. The van der Waals surface area contributed by atoms with Gasteiger partial charge in [0.2, 0.25) is 5.91 Å². The van der Waals surface area contributed by atoms with Crippen molar-refractivity contribution in [3.8, 4) is 0 Å². The van der Waals surface area contributed by atoms with Crippen LogP contribution in [0.4, 0.5) is 19.0 Å². The Balaban J connectivity index is 1.73. The summed E-state index contributed by atoms with van der Waals surface area (Å²) in [5.41, 5.74) is -0.0859. The van der Waals surface area contributed by atoms with E-state index in [0.29, 0.717) is 29.0 Å². The number of alkyl halides is 3. The van der Waals surface area contributed by atoms with Crippen LogP contribution in [0.2, 0.25) is 10.0 Å². The van der Waals surface area contributed by atoms with Gasteiger partial charge in [0.1, 0.15) is 5.82 Å². The van der Waals surface area contributed by atoms with Crippen LogP contribution >= 0.6 is 23.2 Å². The number of hydrogen-bond acceptors (Lipinski definition) is 3. The second-order valence-corrected chi connectivity index (χ2v) is 5.95. The van der Waals surface area contributed by atoms with Gasteiger partial charge >= 0.3 is 6.18 Å². The lowest BCUT2D eigenvalue weighted by atomic mass is 10.1. The first-order valence-corrected chi connectivity index (χ1v) is 7.99. The first kappa shape index (κ1) is 19.3. The van der Waals surface area contributed by atoms with Crippen LogP contribution in [0.3, 0.4) is 0 Å². The molecule has 1 amide bonds. The molecule has 1 aromatic carbocycles. The predicted octanol–water partition coefficient (Wildman–Crippen LogP) is 4.18. The fraction of sp³-hybridized carbons (Fsp3) is 0.250. The summed E-state index contributed by atoms with van der Waals surface area (Å²) in [5, 5.41) is 6.31. The Morgan fingerprint density at radius 2 is 1.84 bits per heavy atom. The molecule has 2 rings (SSSR count). The van der Waals surface area contributed by atoms with Gasteiger partial charge in [-0.25, -0.2) is 4.98 Å². The van der Waals surface area contributed by atoms with Gasteiger partial charge in [0.25, 0.3) is 0 Å². The number of carbonyl (C=O) groups excluding carboxylic acids is 1. The zero-order chi connectivity index (χ0) is 18.4. The van der Waals surface area contributed by atoms with Crippen molar-refractivity contribution in [3.05, 3.63) is 57.7 Å². The van der Waals surface area contributed by atoms with E-state index in [-0.39, 0.29) is 12.3 Å². The maximum atomic E-state index is 12.4. The minimum Gasteiger partial charge on any atom is -0.368 e. The number of nitrogens with one attached hydrogen (secondary N) is 2. The summed E-state index contributed by atoms with van der Waals surface area (Å²) < 4.78 is 37.3. The van der Waals surface area contributed by atoms with Crippen molar-refractivity contribution in [2.75, 3.05) is 18.4 Å². The zero-order valence-electron chi connectivity index (χ0n) is 12.8. The van der Waals surface area contributed by atoms with Gasteiger partial charge in [0, 0.05) is 19.3 Å². The molecule has 0 atom stereocenters. The van der Waals surface area contributed by atoms with Gasteiger partial charge in [-0.15, -0.1) is 0 Å². The minimum atomic E-state index is -4.41. The van der Waals surface area contributed by atoms with Gasteiger partial charge < -0.3 is 10.6 Å². The number of halogens is 5. The van der Waals surface area contributed by atoms with Crippen molar-refractivity contribution < 1.29 is 18.0 Å². The summed E-state index contributed by atoms with van der Waals surface area (Å²) in [6.45, 7) is 0.619. The SMILES string of the molecule is O=C(Cc1ccc(Cl)c(Cl)c1)NCCNc1ccc(C(F)(F)F)cn1. The molecule has 4 nitrogen and oxygen atoms in total. The van der Waals surface area contributed by atoms with Crippen LogP contribution in [0.25, 0.3) is 0 Å². The molecule has 0 aliphatic heterocycles. The average molecular weight is 392 g/mol. The van der Waals surface area contributed by atoms with E-state index in [0.717, 1.165) is 17.8 Å². The van der Waals surface area contributed by atoms with Crippen LogP contribution in [0.1, 0.15) is 11.1 Å². The second-order valence-electron chi connectivity index (χ2n) is 5.13. The number of nitrogens with zero attached hydrogens (tertiary/aromatic N) is 1. The van der Waals surface area contributed by atoms with E-state index in [9.17, 15) is 18.0 Å². The molecule has 1 heterocycles. The van der Waals surface area contributed by atoms with Crippen molar-refractivity contribution in [2.45, 2.75) is 12.6 Å². The normalized spacial score (nSPS) is 11.2. The van der Waals surface area contributed by atoms with Crippen LogP contribution in [0.5, 0.6) is 0 Å². The Labute approximate surface area is 152 Å². The minimum absolute atomic E-state index is 0.148. The van der Waals surface area contributed by atoms with Crippen molar-refractivity contribution in [3.63, 3.8) is 0 Å². The highest BCUT2D eigenvalue weighted by atomic mass is 35.5. The number of benzene rings is 1. The third-order valence-corrected chi connectivity index (χ3v) is 3.93. The molecule has 0 radical (unpaired) electrons. The predicted molar refractivity (Wildman–Crippen MR) is 90.9 cm³/mol. The molecule has 0 saturated heterocycles. The van der Waals surface area contributed by atoms with Gasteiger partial charge in [-0.3, -0.25) is 4.79 Å². The molecule has 0 aliphatic carbocycles. The van der Waals surface area contributed by atoms with Crippen LogP contribution in [-0.4, -0.2) is 24.0 Å². The zero-order valence-corrected chi connectivity index (χ0v) is 14.3. The van der Waals surface area contributed by atoms with Crippen LogP contribution < -0.4 is 10.6 Å². The van der Waals surface area contributed by atoms with Crippen molar-refractivity contribution in [1.82, 2.24) is 10.3 Å². The maximum absolute atomic E-state index is 12.4. The molecule has 0 spiro atoms. The summed E-state index contributed by atoms with van der Waals surface area (Å²) in [7, 11) is 0. The Morgan fingerprint density at radius 3 is 2.44 bits per heavy atom. The number of hydrogen-bond donors (Lipinski definition) is 2. The summed E-state index contributed by atoms with van der Waals surface area (Å²) >= 11 is 11.7. The molecular weight excluding hydrogens is 378 g/mol. The molecule has 9 heteroatoms. The van der Waals surface area contributed by atoms with Gasteiger partial charge in [-0.05, 0) is 29.8 Å². The summed E-state index contributed by atoms with van der Waals surface area (Å²) in [5.74, 6) is 0.0901. The van der Waals surface area contributed by atoms with E-state index in [2.05, 4.69) is 15.6 Å². The van der Waals surface area contributed by atoms with Gasteiger partial charge in [0.15, 0.2) is 0 Å². The van der Waals surface area contributed by atoms with Crippen molar-refractivity contribution >= 4 is 34.9 Å². The quantitative estimate of drug-likeness (QED) is 0.726. The van der Waals surface area contributed by atoms with E-state index in [1.165, 1.54) is 6.07 Å². The summed E-state index contributed by atoms with van der Waals surface area (Å²) in [4.78, 5) is 15.5. The molecule has 2 N–H and O–H groups in total. The van der Waals surface area contributed by atoms with E-state index in [1.54, 1.807) is 18.2 Å². The second kappa shape index (κ2) is 8.40. The third-order valence-electron chi connectivity index (χ3n) is 3.19. The number of carbonyl (C=O) groups is 1. The van der Waals surface area contributed by atoms with E-state index in [4.69, 9.17) is 23.2 Å². The molecule has 134 valence electrons. The number of aromatic nitrogens is 1. The highest BCUT2D eigenvalue weighted by molar-refractivity contribution is 6.42. The lowest BCUT2D eigenvalue weighted by Crippen LogP contribution is -2.30. The van der Waals surface area contributed by atoms with Crippen molar-refractivity contribution in [1.29, 1.82) is 0 Å². The summed E-state index contributed by atoms with van der Waals surface area (Å²) in [6, 6.07) is 7.12. The maximum Gasteiger partial charge on any atom is 0.417 e. The molecule has 1 aromatic heterocycles. The Bertz CT molecular complexity index is 736. The monoisotopic (exact) mass is 391 g/mol. The van der Waals surface area contributed by atoms with Gasteiger partial charge in [-0.2, -0.15) is 13.2 Å². The van der Waals surface area contributed by atoms with Crippen LogP contribution in [0.15, 0.2) is 36.5 Å². The standard InChI is InChI=1S/C16H14Cl2F3N3O/c17-12-3-1-10(7-13(12)18)8-15(25)23-6-5-22-14-4-2-11(9-24-14)16(19,20)21/h1-4,7,9H,5-6,8H2,(H,22,24)(H,23,25). The number of anilines is 1. The number of pyridine rings is 1. The van der Waals surface area contributed by atoms with E-state index in [1.807, 2.05) is 0 Å². The Kier molecular flexibility index (Phi) is 6.50. The van der Waals surface area contributed by atoms with Gasteiger partial charge in [0.05, 0.1) is 22.0 Å². The molecular formula is C16H14Cl2F3N3O. The van der Waals surface area contributed by atoms with E-state index < -0.39 is 11.7 Å². The summed E-state index contributed by atoms with van der Waals surface area (Å²) in [6.07, 6.45) is -3.51. The Morgan fingerprint density at radius 1 is 1.08 bits per heavy atom. The number of amides is 1. The highest BCUT2D eigenvalue weighted by Gasteiger charge is 2.30. The third kappa shape index (κ3) is 6.10. The fourth-order valence-corrected chi connectivity index (χ4v) is 2.28. The molecule has 25 heavy (non-hydrogen) atoms. The van der Waals surface area contributed by atoms with Crippen molar-refractivity contribution in [2.24, 2.45) is 0 Å². The highest BCUT2D eigenvalue weighted by Crippen LogP contribution is 2.28. The lowest BCUT2D eigenvalue weighted by Gasteiger charge is -2.09. The molecule has 0 saturated carbocycles. The largest absolute Gasteiger partial charge is 0.417 e. The first-order chi connectivity index (χ1) is 11.8. The van der Waals surface area contributed by atoms with E-state index >= 15 is 0 Å².